The van der Waals surface area contributed by atoms with Gasteiger partial charge in [0.1, 0.15) is 5.82 Å². The lowest BCUT2D eigenvalue weighted by molar-refractivity contribution is -0.120. The second-order valence-corrected chi connectivity index (χ2v) is 4.80. The van der Waals surface area contributed by atoms with Gasteiger partial charge in [-0.3, -0.25) is 4.79 Å². The molecule has 0 saturated carbocycles. The first kappa shape index (κ1) is 15.3. The molecule has 0 spiro atoms. The first-order valence-electron chi connectivity index (χ1n) is 5.60. The maximum atomic E-state index is 13.7. The zero-order valence-corrected chi connectivity index (χ0v) is 11.3. The second-order valence-electron chi connectivity index (χ2n) is 3.81. The van der Waals surface area contributed by atoms with Crippen LogP contribution in [0.15, 0.2) is 23.4 Å². The van der Waals surface area contributed by atoms with E-state index < -0.39 is 5.82 Å². The summed E-state index contributed by atoms with van der Waals surface area (Å²) < 4.78 is 13.7. The highest BCUT2D eigenvalue weighted by Crippen LogP contribution is 2.10. The van der Waals surface area contributed by atoms with Crippen molar-refractivity contribution >= 4 is 23.5 Å². The summed E-state index contributed by atoms with van der Waals surface area (Å²) in [7, 11) is 0. The number of nitrogens with one attached hydrogen (secondary N) is 1. The van der Waals surface area contributed by atoms with Gasteiger partial charge in [-0.15, -0.1) is 0 Å². The van der Waals surface area contributed by atoms with Crippen molar-refractivity contribution in [2.24, 2.45) is 10.9 Å². The number of amides is 1. The Morgan fingerprint density at radius 2 is 2.32 bits per heavy atom. The third-order valence-corrected chi connectivity index (χ3v) is 3.08. The Morgan fingerprint density at radius 1 is 1.58 bits per heavy atom. The molecular formula is C12H16FN3O2S. The van der Waals surface area contributed by atoms with Crippen molar-refractivity contribution in [3.8, 4) is 0 Å². The van der Waals surface area contributed by atoms with Crippen molar-refractivity contribution in [2.45, 2.75) is 13.0 Å². The van der Waals surface area contributed by atoms with Crippen LogP contribution in [0.5, 0.6) is 0 Å². The van der Waals surface area contributed by atoms with E-state index in [2.05, 4.69) is 10.5 Å². The van der Waals surface area contributed by atoms with Gasteiger partial charge in [-0.05, 0) is 12.3 Å². The number of amidine groups is 1. The average Bonchev–Trinajstić information content (AvgIpc) is 2.42. The molecule has 0 aliphatic rings. The molecule has 1 aromatic rings. The second kappa shape index (κ2) is 7.63. The van der Waals surface area contributed by atoms with E-state index in [1.165, 1.54) is 18.2 Å². The Hall–Kier alpha value is -1.76. The minimum absolute atomic E-state index is 0.116. The quantitative estimate of drug-likeness (QED) is 0.318. The molecule has 0 heterocycles. The van der Waals surface area contributed by atoms with E-state index in [0.29, 0.717) is 12.0 Å². The number of nitrogens with zero attached hydrogens (tertiary/aromatic N) is 1. The van der Waals surface area contributed by atoms with E-state index in [-0.39, 0.29) is 23.9 Å². The van der Waals surface area contributed by atoms with Crippen LogP contribution in [0.1, 0.15) is 17.5 Å². The monoisotopic (exact) mass is 285 g/mol. The molecule has 19 heavy (non-hydrogen) atoms. The maximum absolute atomic E-state index is 13.7. The minimum atomic E-state index is -0.505. The smallest absolute Gasteiger partial charge is 0.221 e. The van der Waals surface area contributed by atoms with Crippen molar-refractivity contribution in [1.29, 1.82) is 0 Å². The fraction of sp³-hybridized carbons (Fsp3) is 0.333. The summed E-state index contributed by atoms with van der Waals surface area (Å²) in [6.45, 7) is 0.121. The van der Waals surface area contributed by atoms with Crippen LogP contribution in [-0.2, 0) is 11.3 Å². The molecule has 1 amide bonds. The van der Waals surface area contributed by atoms with Crippen molar-refractivity contribution in [2.75, 3.05) is 12.0 Å². The molecule has 0 saturated heterocycles. The molecule has 0 bridgehead atoms. The van der Waals surface area contributed by atoms with Crippen LogP contribution in [0, 0.1) is 5.82 Å². The summed E-state index contributed by atoms with van der Waals surface area (Å²) in [5, 5.41) is 13.9. The number of nitrogens with two attached hydrogens (primary N) is 1. The molecule has 7 heteroatoms. The molecule has 0 aliphatic heterocycles. The van der Waals surface area contributed by atoms with E-state index in [1.54, 1.807) is 11.8 Å². The van der Waals surface area contributed by atoms with Gasteiger partial charge < -0.3 is 16.3 Å². The van der Waals surface area contributed by atoms with E-state index in [1.807, 2.05) is 6.26 Å². The lowest BCUT2D eigenvalue weighted by atomic mass is 10.1. The van der Waals surface area contributed by atoms with Gasteiger partial charge in [0, 0.05) is 29.8 Å². The Balaban J connectivity index is 2.63. The summed E-state index contributed by atoms with van der Waals surface area (Å²) in [5.41, 5.74) is 5.99. The fourth-order valence-corrected chi connectivity index (χ4v) is 1.77. The van der Waals surface area contributed by atoms with Crippen molar-refractivity contribution < 1.29 is 14.4 Å². The minimum Gasteiger partial charge on any atom is -0.409 e. The number of halogens is 1. The van der Waals surface area contributed by atoms with Crippen LogP contribution in [0.4, 0.5) is 4.39 Å². The van der Waals surface area contributed by atoms with E-state index in [9.17, 15) is 9.18 Å². The molecule has 0 unspecified atom stereocenters. The topological polar surface area (TPSA) is 87.7 Å². The molecular weight excluding hydrogens is 269 g/mol. The van der Waals surface area contributed by atoms with E-state index in [0.717, 1.165) is 5.75 Å². The molecule has 0 aliphatic carbocycles. The largest absolute Gasteiger partial charge is 0.409 e. The number of carbonyl (C=O) groups excluding carboxylic acids is 1. The van der Waals surface area contributed by atoms with Gasteiger partial charge in [-0.2, -0.15) is 11.8 Å². The Labute approximate surface area is 115 Å². The summed E-state index contributed by atoms with van der Waals surface area (Å²) >= 11 is 1.58. The molecule has 1 rings (SSSR count). The lowest BCUT2D eigenvalue weighted by Gasteiger charge is -2.07. The molecule has 5 nitrogen and oxygen atoms in total. The Kier molecular flexibility index (Phi) is 6.14. The fourth-order valence-electron chi connectivity index (χ4n) is 1.38. The molecule has 0 aromatic heterocycles. The number of benzene rings is 1. The third kappa shape index (κ3) is 4.78. The van der Waals surface area contributed by atoms with Crippen LogP contribution in [0.25, 0.3) is 0 Å². The zero-order chi connectivity index (χ0) is 14.3. The summed E-state index contributed by atoms with van der Waals surface area (Å²) in [5.74, 6) is -0.0468. The molecule has 104 valence electrons. The first-order chi connectivity index (χ1) is 9.08. The predicted octanol–water partition coefficient (Wildman–Crippen LogP) is 1.29. The number of oxime groups is 1. The maximum Gasteiger partial charge on any atom is 0.221 e. The van der Waals surface area contributed by atoms with Gasteiger partial charge in [-0.25, -0.2) is 4.39 Å². The average molecular weight is 285 g/mol. The lowest BCUT2D eigenvalue weighted by Crippen LogP contribution is -2.23. The molecule has 4 N–H and O–H groups in total. The van der Waals surface area contributed by atoms with Gasteiger partial charge >= 0.3 is 0 Å². The first-order valence-corrected chi connectivity index (χ1v) is 6.99. The van der Waals surface area contributed by atoms with Gasteiger partial charge in [0.05, 0.1) is 0 Å². The molecule has 0 fully saturated rings. The van der Waals surface area contributed by atoms with Crippen LogP contribution in [-0.4, -0.2) is 29.0 Å². The number of carbonyl (C=O) groups is 1. The van der Waals surface area contributed by atoms with E-state index >= 15 is 0 Å². The van der Waals surface area contributed by atoms with Crippen LogP contribution >= 0.6 is 11.8 Å². The van der Waals surface area contributed by atoms with Gasteiger partial charge in [-0.1, -0.05) is 17.3 Å². The van der Waals surface area contributed by atoms with E-state index in [4.69, 9.17) is 10.9 Å². The summed E-state index contributed by atoms with van der Waals surface area (Å²) in [6, 6.07) is 4.19. The SMILES string of the molecule is CSCCC(=O)NCc1ccc(C(N)=NO)cc1F. The molecule has 0 radical (unpaired) electrons. The Bertz CT molecular complexity index is 480. The standard InChI is InChI=1S/C12H16FN3O2S/c1-19-5-4-11(17)15-7-9-3-2-8(6-10(9)13)12(14)16-18/h2-3,6,18H,4-5,7H2,1H3,(H2,14,16)(H,15,17). The van der Waals surface area contributed by atoms with Crippen molar-refractivity contribution in [3.63, 3.8) is 0 Å². The summed E-state index contributed by atoms with van der Waals surface area (Å²) in [6.07, 6.45) is 2.32. The molecule has 0 atom stereocenters. The van der Waals surface area contributed by atoms with Gasteiger partial charge in [0.2, 0.25) is 5.91 Å². The van der Waals surface area contributed by atoms with Crippen LogP contribution in [0.2, 0.25) is 0 Å². The number of hydrogen-bond acceptors (Lipinski definition) is 4. The third-order valence-electron chi connectivity index (χ3n) is 2.47. The normalized spacial score (nSPS) is 11.4. The number of rotatable bonds is 6. The number of hydrogen-bond donors (Lipinski definition) is 3. The Morgan fingerprint density at radius 3 is 2.89 bits per heavy atom. The highest BCUT2D eigenvalue weighted by molar-refractivity contribution is 7.98. The molecule has 1 aromatic carbocycles. The highest BCUT2D eigenvalue weighted by Gasteiger charge is 2.08. The zero-order valence-electron chi connectivity index (χ0n) is 10.5. The highest BCUT2D eigenvalue weighted by atomic mass is 32.2. The number of thioether (sulfide) groups is 1. The van der Waals surface area contributed by atoms with Crippen molar-refractivity contribution in [3.05, 3.63) is 35.1 Å². The van der Waals surface area contributed by atoms with Crippen LogP contribution in [0.3, 0.4) is 0 Å². The van der Waals surface area contributed by atoms with Crippen molar-refractivity contribution in [1.82, 2.24) is 5.32 Å². The van der Waals surface area contributed by atoms with Crippen LogP contribution < -0.4 is 11.1 Å². The predicted molar refractivity (Wildman–Crippen MR) is 73.8 cm³/mol. The van der Waals surface area contributed by atoms with Gasteiger partial charge in [0.25, 0.3) is 0 Å². The summed E-state index contributed by atoms with van der Waals surface area (Å²) in [4.78, 5) is 11.4. The van der Waals surface area contributed by atoms with Gasteiger partial charge in [0.15, 0.2) is 5.84 Å².